The molecule has 0 aliphatic rings. The van der Waals surface area contributed by atoms with Gasteiger partial charge in [0.1, 0.15) is 11.2 Å². The minimum Gasteiger partial charge on any atom is -0.456 e. The van der Waals surface area contributed by atoms with Crippen LogP contribution in [0.5, 0.6) is 0 Å². The second kappa shape index (κ2) is 12.8. The Morgan fingerprint density at radius 2 is 0.845 bits per heavy atom. The van der Waals surface area contributed by atoms with E-state index < -0.39 is 0 Å². The zero-order valence-electron chi connectivity index (χ0n) is 31.2. The highest BCUT2D eigenvalue weighted by Crippen LogP contribution is 2.44. The van der Waals surface area contributed by atoms with Gasteiger partial charge in [-0.25, -0.2) is 15.0 Å². The topological polar surface area (TPSA) is 56.7 Å². The van der Waals surface area contributed by atoms with Crippen LogP contribution in [0.25, 0.3) is 116 Å². The molecule has 0 spiro atoms. The van der Waals surface area contributed by atoms with Crippen molar-refractivity contribution in [2.75, 3.05) is 0 Å². The average Bonchev–Trinajstić information content (AvgIpc) is 3.82. The number of hydrogen-bond donors (Lipinski definition) is 0. The van der Waals surface area contributed by atoms with Gasteiger partial charge >= 0.3 is 0 Å². The van der Waals surface area contributed by atoms with Crippen LogP contribution in [0, 0.1) is 0 Å². The van der Waals surface area contributed by atoms with Crippen molar-refractivity contribution in [2.24, 2.45) is 0 Å². The Labute approximate surface area is 333 Å². The fraction of sp³-hybridized carbons (Fsp3) is 0. The molecule has 0 aliphatic heterocycles. The summed E-state index contributed by atoms with van der Waals surface area (Å²) in [7, 11) is 0. The Balaban J connectivity index is 1.20. The number of nitrogens with zero attached hydrogens (tertiary/aromatic N) is 4. The molecule has 0 N–H and O–H groups in total. The molecule has 0 saturated heterocycles. The van der Waals surface area contributed by atoms with Gasteiger partial charge < -0.3 is 8.98 Å². The third-order valence-corrected chi connectivity index (χ3v) is 11.4. The Morgan fingerprint density at radius 3 is 1.45 bits per heavy atom. The minimum absolute atomic E-state index is 0.601. The Morgan fingerprint density at radius 1 is 0.345 bits per heavy atom. The van der Waals surface area contributed by atoms with Gasteiger partial charge in [-0.2, -0.15) is 0 Å². The van der Waals surface area contributed by atoms with Crippen molar-refractivity contribution in [1.29, 1.82) is 0 Å². The molecule has 12 rings (SSSR count). The predicted octanol–water partition coefficient (Wildman–Crippen LogP) is 13.8. The van der Waals surface area contributed by atoms with Crippen molar-refractivity contribution in [1.82, 2.24) is 19.5 Å². The highest BCUT2D eigenvalue weighted by molar-refractivity contribution is 6.18. The van der Waals surface area contributed by atoms with Gasteiger partial charge in [-0.15, -0.1) is 0 Å². The van der Waals surface area contributed by atoms with E-state index >= 15 is 0 Å². The van der Waals surface area contributed by atoms with E-state index in [1.165, 1.54) is 32.3 Å². The number of hydrogen-bond acceptors (Lipinski definition) is 4. The maximum Gasteiger partial charge on any atom is 0.164 e. The van der Waals surface area contributed by atoms with Crippen molar-refractivity contribution < 1.29 is 4.42 Å². The number of rotatable bonds is 5. The normalized spacial score (nSPS) is 11.8. The van der Waals surface area contributed by atoms with E-state index in [9.17, 15) is 0 Å². The van der Waals surface area contributed by atoms with Crippen molar-refractivity contribution in [3.63, 3.8) is 0 Å². The number of benzene rings is 9. The molecule has 270 valence electrons. The van der Waals surface area contributed by atoms with Crippen LogP contribution >= 0.6 is 0 Å². The molecule has 0 unspecified atom stereocenters. The summed E-state index contributed by atoms with van der Waals surface area (Å²) in [6, 6.07) is 68.2. The number of para-hydroxylation sites is 1. The van der Waals surface area contributed by atoms with Crippen molar-refractivity contribution >= 4 is 65.3 Å². The molecule has 3 heterocycles. The van der Waals surface area contributed by atoms with Gasteiger partial charge in [0.25, 0.3) is 0 Å². The largest absolute Gasteiger partial charge is 0.456 e. The zero-order chi connectivity index (χ0) is 38.2. The lowest BCUT2D eigenvalue weighted by atomic mass is 9.95. The average molecular weight is 741 g/mol. The highest BCUT2D eigenvalue weighted by Gasteiger charge is 2.22. The molecular formula is C53H32N4O. The van der Waals surface area contributed by atoms with Gasteiger partial charge in [0.2, 0.25) is 0 Å². The molecule has 0 atom stereocenters. The van der Waals surface area contributed by atoms with Crippen LogP contribution in [-0.4, -0.2) is 19.5 Å². The Hall–Kier alpha value is -7.89. The maximum absolute atomic E-state index is 6.49. The van der Waals surface area contributed by atoms with E-state index in [4.69, 9.17) is 19.4 Å². The number of furan rings is 1. The monoisotopic (exact) mass is 740 g/mol. The van der Waals surface area contributed by atoms with E-state index in [1.807, 2.05) is 72.8 Å². The van der Waals surface area contributed by atoms with Crippen LogP contribution < -0.4 is 0 Å². The third-order valence-electron chi connectivity index (χ3n) is 11.4. The Bertz CT molecular complexity index is 3420. The molecule has 5 heteroatoms. The smallest absolute Gasteiger partial charge is 0.164 e. The molecule has 58 heavy (non-hydrogen) atoms. The molecule has 0 aliphatic carbocycles. The first-order chi connectivity index (χ1) is 28.7. The first-order valence-corrected chi connectivity index (χ1v) is 19.5. The zero-order valence-corrected chi connectivity index (χ0v) is 31.2. The SMILES string of the molecule is c1ccc(-c2nc(-c3ccccc3)nc(-c3ccc(-n4c5cc6ccccc6cc5c5cc6ccccc6cc54)c(-c4cccc5oc6ccccc6c45)c3)n2)cc1. The lowest BCUT2D eigenvalue weighted by Gasteiger charge is -2.17. The van der Waals surface area contributed by atoms with Crippen molar-refractivity contribution in [3.05, 3.63) is 194 Å². The summed E-state index contributed by atoms with van der Waals surface area (Å²) in [4.78, 5) is 15.3. The summed E-state index contributed by atoms with van der Waals surface area (Å²) < 4.78 is 8.93. The fourth-order valence-corrected chi connectivity index (χ4v) is 8.67. The minimum atomic E-state index is 0.601. The molecule has 0 radical (unpaired) electrons. The summed E-state index contributed by atoms with van der Waals surface area (Å²) in [5.74, 6) is 1.85. The van der Waals surface area contributed by atoms with Gasteiger partial charge in [0.15, 0.2) is 17.5 Å². The van der Waals surface area contributed by atoms with Gasteiger partial charge in [-0.3, -0.25) is 0 Å². The summed E-state index contributed by atoms with van der Waals surface area (Å²) >= 11 is 0. The fourth-order valence-electron chi connectivity index (χ4n) is 8.67. The molecule has 0 saturated carbocycles. The summed E-state index contributed by atoms with van der Waals surface area (Å²) in [6.07, 6.45) is 0. The van der Waals surface area contributed by atoms with E-state index in [-0.39, 0.29) is 0 Å². The van der Waals surface area contributed by atoms with Crippen LogP contribution in [0.15, 0.2) is 199 Å². The lowest BCUT2D eigenvalue weighted by molar-refractivity contribution is 0.669. The number of fused-ring (bicyclic) bond motifs is 8. The first-order valence-electron chi connectivity index (χ1n) is 19.5. The summed E-state index contributed by atoms with van der Waals surface area (Å²) in [5, 5.41) is 9.36. The molecule has 3 aromatic heterocycles. The standard InChI is InChI=1S/C53H32N4O/c1-3-14-33(15-4-1)51-54-52(34-16-5-2-6-17-34)56-53(55-51)39-26-27-45(42(30-39)40-23-13-25-49-50(40)41-22-11-12-24-48(41)58-49)57-46-31-37-20-9-7-18-35(37)28-43(46)44-29-36-19-8-10-21-38(36)32-47(44)57/h1-32H. The van der Waals surface area contributed by atoms with Crippen molar-refractivity contribution in [2.45, 2.75) is 0 Å². The first kappa shape index (κ1) is 32.4. The molecule has 0 amide bonds. The molecule has 0 bridgehead atoms. The predicted molar refractivity (Wildman–Crippen MR) is 238 cm³/mol. The lowest BCUT2D eigenvalue weighted by Crippen LogP contribution is -2.02. The van der Waals surface area contributed by atoms with Gasteiger partial charge in [-0.1, -0.05) is 140 Å². The van der Waals surface area contributed by atoms with E-state index in [2.05, 4.69) is 126 Å². The highest BCUT2D eigenvalue weighted by atomic mass is 16.3. The van der Waals surface area contributed by atoms with E-state index in [1.54, 1.807) is 0 Å². The Kier molecular flexibility index (Phi) is 7.16. The molecular weight excluding hydrogens is 709 g/mol. The third kappa shape index (κ3) is 5.14. The van der Waals surface area contributed by atoms with E-state index in [0.29, 0.717) is 17.5 Å². The molecule has 5 nitrogen and oxygen atoms in total. The second-order valence-corrected chi connectivity index (χ2v) is 14.8. The van der Waals surface area contributed by atoms with Gasteiger partial charge in [0, 0.05) is 43.8 Å². The van der Waals surface area contributed by atoms with Crippen LogP contribution in [0.2, 0.25) is 0 Å². The van der Waals surface area contributed by atoms with Crippen LogP contribution in [0.4, 0.5) is 0 Å². The van der Waals surface area contributed by atoms with Gasteiger partial charge in [-0.05, 0) is 81.7 Å². The van der Waals surface area contributed by atoms with E-state index in [0.717, 1.165) is 66.5 Å². The molecule has 12 aromatic rings. The van der Waals surface area contributed by atoms with Crippen LogP contribution in [-0.2, 0) is 0 Å². The molecule has 0 fully saturated rings. The number of aromatic nitrogens is 4. The quantitative estimate of drug-likeness (QED) is 0.176. The summed E-state index contributed by atoms with van der Waals surface area (Å²) in [5.41, 5.74) is 9.88. The maximum atomic E-state index is 6.49. The summed E-state index contributed by atoms with van der Waals surface area (Å²) in [6.45, 7) is 0. The second-order valence-electron chi connectivity index (χ2n) is 14.8. The van der Waals surface area contributed by atoms with Crippen molar-refractivity contribution in [3.8, 4) is 51.0 Å². The van der Waals surface area contributed by atoms with Crippen LogP contribution in [0.3, 0.4) is 0 Å². The van der Waals surface area contributed by atoms with Crippen LogP contribution in [0.1, 0.15) is 0 Å². The molecule has 9 aromatic carbocycles. The van der Waals surface area contributed by atoms with Gasteiger partial charge in [0.05, 0.1) is 16.7 Å².